The highest BCUT2D eigenvalue weighted by Gasteiger charge is 2.75. The molecule has 4 rings (SSSR count). The van der Waals surface area contributed by atoms with Gasteiger partial charge in [-0.15, -0.1) is 0 Å². The van der Waals surface area contributed by atoms with E-state index in [2.05, 4.69) is 4.74 Å². The zero-order chi connectivity index (χ0) is 19.1. The highest BCUT2D eigenvalue weighted by molar-refractivity contribution is 7.87. The number of esters is 2. The van der Waals surface area contributed by atoms with Crippen LogP contribution in [0.25, 0.3) is 0 Å². The normalized spacial score (nSPS) is 40.1. The Labute approximate surface area is 146 Å². The van der Waals surface area contributed by atoms with E-state index in [0.29, 0.717) is 25.2 Å². The lowest BCUT2D eigenvalue weighted by Gasteiger charge is -2.47. The van der Waals surface area contributed by atoms with Crippen LogP contribution in [0.1, 0.15) is 32.1 Å². The van der Waals surface area contributed by atoms with Crippen molar-refractivity contribution in [2.45, 2.75) is 43.0 Å². The molecule has 5 atom stereocenters. The third kappa shape index (κ3) is 2.19. The van der Waals surface area contributed by atoms with Gasteiger partial charge in [0.1, 0.15) is 11.4 Å². The molecule has 4 aliphatic rings. The molecule has 0 radical (unpaired) electrons. The Bertz CT molecular complexity index is 824. The van der Waals surface area contributed by atoms with E-state index in [1.807, 2.05) is 0 Å². The molecule has 5 unspecified atom stereocenters. The zero-order valence-electron chi connectivity index (χ0n) is 13.4. The molecular formula is C15H16F2O8S. The van der Waals surface area contributed by atoms with Crippen molar-refractivity contribution in [1.82, 2.24) is 0 Å². The Morgan fingerprint density at radius 3 is 2.62 bits per heavy atom. The van der Waals surface area contributed by atoms with Gasteiger partial charge in [0.05, 0.1) is 0 Å². The molecule has 1 spiro atoms. The third-order valence-electron chi connectivity index (χ3n) is 6.50. The average Bonchev–Trinajstić information content (AvgIpc) is 2.78. The molecular weight excluding hydrogens is 378 g/mol. The van der Waals surface area contributed by atoms with Crippen LogP contribution >= 0.6 is 0 Å². The average molecular weight is 394 g/mol. The topological polar surface area (TPSA) is 124 Å². The highest BCUT2D eigenvalue weighted by Crippen LogP contribution is 2.75. The minimum atomic E-state index is -6.00. The molecule has 0 aromatic heterocycles. The second-order valence-electron chi connectivity index (χ2n) is 7.83. The van der Waals surface area contributed by atoms with Crippen LogP contribution in [0.2, 0.25) is 0 Å². The number of fused-ring (bicyclic) bond motifs is 2. The van der Waals surface area contributed by atoms with E-state index < -0.39 is 39.5 Å². The van der Waals surface area contributed by atoms with Gasteiger partial charge >= 0.3 is 27.3 Å². The first-order valence-electron chi connectivity index (χ1n) is 8.18. The molecule has 0 aromatic rings. The molecule has 1 N–H and O–H groups in total. The number of alkyl halides is 2. The number of Topliss-reactive ketones (excluding diaryl/α,β-unsaturated/α-hetero) is 1. The molecule has 0 aromatic carbocycles. The lowest BCUT2D eigenvalue weighted by molar-refractivity contribution is -0.179. The Morgan fingerprint density at radius 1 is 1.27 bits per heavy atom. The van der Waals surface area contributed by atoms with E-state index in [1.54, 1.807) is 0 Å². The molecule has 144 valence electrons. The Hall–Kier alpha value is -1.62. The molecule has 4 fully saturated rings. The van der Waals surface area contributed by atoms with Crippen molar-refractivity contribution in [3.63, 3.8) is 0 Å². The predicted molar refractivity (Wildman–Crippen MR) is 77.3 cm³/mol. The first-order valence-corrected chi connectivity index (χ1v) is 9.62. The highest BCUT2D eigenvalue weighted by atomic mass is 32.2. The summed E-state index contributed by atoms with van der Waals surface area (Å²) in [5.41, 5.74) is -0.974. The number of rotatable bonds is 5. The van der Waals surface area contributed by atoms with Crippen molar-refractivity contribution in [2.75, 3.05) is 6.61 Å². The van der Waals surface area contributed by atoms with Crippen LogP contribution in [0.15, 0.2) is 0 Å². The van der Waals surface area contributed by atoms with Gasteiger partial charge in [0.25, 0.3) is 0 Å². The monoisotopic (exact) mass is 394 g/mol. The second kappa shape index (κ2) is 5.00. The van der Waals surface area contributed by atoms with Gasteiger partial charge in [-0.3, -0.25) is 9.35 Å². The van der Waals surface area contributed by atoms with E-state index in [-0.39, 0.29) is 23.0 Å². The fourth-order valence-electron chi connectivity index (χ4n) is 5.66. The summed E-state index contributed by atoms with van der Waals surface area (Å²) in [5, 5.41) is -5.17. The SMILES string of the molecule is O=C(COC(=O)C(F)(F)S(=O)(=O)O)OC12CC3CC4(C1)C(CC4C3=O)C2. The Balaban J connectivity index is 1.40. The lowest BCUT2D eigenvalue weighted by Crippen LogP contribution is -2.44. The summed E-state index contributed by atoms with van der Waals surface area (Å²) < 4.78 is 64.8. The van der Waals surface area contributed by atoms with Gasteiger partial charge < -0.3 is 9.47 Å². The summed E-state index contributed by atoms with van der Waals surface area (Å²) in [4.78, 5) is 35.4. The van der Waals surface area contributed by atoms with Crippen LogP contribution < -0.4 is 0 Å². The van der Waals surface area contributed by atoms with E-state index in [4.69, 9.17) is 9.29 Å². The van der Waals surface area contributed by atoms with Gasteiger partial charge in [-0.25, -0.2) is 9.59 Å². The van der Waals surface area contributed by atoms with Crippen molar-refractivity contribution in [2.24, 2.45) is 23.2 Å². The molecule has 0 aliphatic heterocycles. The lowest BCUT2D eigenvalue weighted by atomic mass is 9.56. The minimum Gasteiger partial charge on any atom is -0.456 e. The molecule has 4 aliphatic carbocycles. The second-order valence-corrected chi connectivity index (χ2v) is 9.29. The third-order valence-corrected chi connectivity index (χ3v) is 7.32. The van der Waals surface area contributed by atoms with Crippen LogP contribution in [0.3, 0.4) is 0 Å². The molecule has 11 heteroatoms. The van der Waals surface area contributed by atoms with Gasteiger partial charge in [0.15, 0.2) is 6.61 Å². The molecule has 3 bridgehead atoms. The summed E-state index contributed by atoms with van der Waals surface area (Å²) in [6.07, 6.45) is 3.09. The molecule has 0 saturated heterocycles. The van der Waals surface area contributed by atoms with Crippen LogP contribution in [0, 0.1) is 23.2 Å². The maximum atomic E-state index is 13.1. The van der Waals surface area contributed by atoms with Crippen LogP contribution in [-0.4, -0.2) is 48.2 Å². The van der Waals surface area contributed by atoms with Gasteiger partial charge in [-0.2, -0.15) is 17.2 Å². The summed E-state index contributed by atoms with van der Waals surface area (Å²) in [6, 6.07) is 0. The number of ether oxygens (including phenoxy) is 2. The maximum absolute atomic E-state index is 13.1. The van der Waals surface area contributed by atoms with Gasteiger partial charge in [-0.1, -0.05) is 0 Å². The quantitative estimate of drug-likeness (QED) is 0.534. The number of ketones is 1. The van der Waals surface area contributed by atoms with Crippen LogP contribution in [0.4, 0.5) is 8.78 Å². The van der Waals surface area contributed by atoms with Gasteiger partial charge in [0, 0.05) is 11.8 Å². The standard InChI is InChI=1S/C15H16F2O8S/c16-15(17,26(21,22)23)12(20)24-5-10(18)25-13-2-7-3-14(6-13)8(4-13)1-9(14)11(7)19/h7-9H,1-6H2,(H,21,22,23). The largest absolute Gasteiger partial charge is 0.465 e. The first-order chi connectivity index (χ1) is 11.9. The fourth-order valence-corrected chi connectivity index (χ4v) is 5.93. The van der Waals surface area contributed by atoms with Gasteiger partial charge in [-0.05, 0) is 43.4 Å². The maximum Gasteiger partial charge on any atom is 0.465 e. The number of hydrogen-bond acceptors (Lipinski definition) is 7. The van der Waals surface area contributed by atoms with Gasteiger partial charge in [0.2, 0.25) is 0 Å². The van der Waals surface area contributed by atoms with E-state index in [0.717, 1.165) is 12.8 Å². The summed E-state index contributed by atoms with van der Waals surface area (Å²) in [6.45, 7) is -1.20. The molecule has 0 amide bonds. The Kier molecular flexibility index (Phi) is 3.42. The van der Waals surface area contributed by atoms with Crippen molar-refractivity contribution in [1.29, 1.82) is 0 Å². The van der Waals surface area contributed by atoms with Crippen molar-refractivity contribution in [3.05, 3.63) is 0 Å². The molecule has 8 nitrogen and oxygen atoms in total. The van der Waals surface area contributed by atoms with E-state index in [1.165, 1.54) is 0 Å². The molecule has 26 heavy (non-hydrogen) atoms. The number of hydrogen-bond donors (Lipinski definition) is 1. The van der Waals surface area contributed by atoms with Crippen molar-refractivity contribution in [3.8, 4) is 0 Å². The van der Waals surface area contributed by atoms with Crippen LogP contribution in [-0.2, 0) is 34.0 Å². The van der Waals surface area contributed by atoms with Crippen LogP contribution in [0.5, 0.6) is 0 Å². The number of carbonyl (C=O) groups is 3. The Morgan fingerprint density at radius 2 is 1.96 bits per heavy atom. The summed E-state index contributed by atoms with van der Waals surface area (Å²) in [7, 11) is -6.00. The first kappa shape index (κ1) is 17.8. The van der Waals surface area contributed by atoms with E-state index >= 15 is 0 Å². The number of carbonyl (C=O) groups excluding carboxylic acids is 3. The zero-order valence-corrected chi connectivity index (χ0v) is 14.3. The molecule has 4 saturated carbocycles. The van der Waals surface area contributed by atoms with E-state index in [9.17, 15) is 31.6 Å². The van der Waals surface area contributed by atoms with Crippen molar-refractivity contribution >= 4 is 27.8 Å². The number of halogens is 2. The summed E-state index contributed by atoms with van der Waals surface area (Å²) >= 11 is 0. The predicted octanol–water partition coefficient (Wildman–Crippen LogP) is 0.701. The minimum absolute atomic E-state index is 0.0202. The smallest absolute Gasteiger partial charge is 0.456 e. The summed E-state index contributed by atoms with van der Waals surface area (Å²) in [5.74, 6) is -3.29. The molecule has 0 heterocycles. The fraction of sp³-hybridized carbons (Fsp3) is 0.800. The van der Waals surface area contributed by atoms with Crippen molar-refractivity contribution < 1.29 is 45.6 Å².